The van der Waals surface area contributed by atoms with Crippen LogP contribution in [0.15, 0.2) is 36.5 Å². The van der Waals surface area contributed by atoms with Gasteiger partial charge < -0.3 is 11.5 Å². The molecule has 4 N–H and O–H groups in total. The monoisotopic (exact) mass is 328 g/mol. The Balaban J connectivity index is 0.00000220. The van der Waals surface area contributed by atoms with Gasteiger partial charge in [0.05, 0.1) is 4.92 Å². The zero-order chi connectivity index (χ0) is 14.8. The smallest absolute Gasteiger partial charge is 0.344 e. The quantitative estimate of drug-likeness (QED) is 0.633. The van der Waals surface area contributed by atoms with E-state index in [2.05, 4.69) is 4.98 Å². The zero-order valence-corrected chi connectivity index (χ0v) is 12.4. The first kappa shape index (κ1) is 17.0. The number of nitrogens with two attached hydrogens (primary N) is 2. The van der Waals surface area contributed by atoms with Crippen LogP contribution in [0.5, 0.6) is 0 Å². The molecule has 1 aromatic heterocycles. The third-order valence-corrected chi connectivity index (χ3v) is 3.95. The lowest BCUT2D eigenvalue weighted by Crippen LogP contribution is -2.50. The first-order valence-corrected chi connectivity index (χ1v) is 6.48. The molecule has 1 heterocycles. The van der Waals surface area contributed by atoms with Gasteiger partial charge in [-0.2, -0.15) is 0 Å². The van der Waals surface area contributed by atoms with Crippen molar-refractivity contribution in [3.8, 4) is 0 Å². The zero-order valence-electron chi connectivity index (χ0n) is 10.8. The molecule has 0 saturated heterocycles. The Kier molecular flexibility index (Phi) is 5.36. The van der Waals surface area contributed by atoms with E-state index in [1.165, 1.54) is 0 Å². The lowest BCUT2D eigenvalue weighted by molar-refractivity contribution is -0.380. The largest absolute Gasteiger partial charge is 0.368 e. The van der Waals surface area contributed by atoms with Gasteiger partial charge in [-0.15, -0.1) is 12.4 Å². The molecule has 0 unspecified atom stereocenters. The predicted molar refractivity (Wildman–Crippen MR) is 81.2 cm³/mol. The number of rotatable bonds is 5. The van der Waals surface area contributed by atoms with Crippen molar-refractivity contribution in [3.63, 3.8) is 0 Å². The Morgan fingerprint density at radius 3 is 2.48 bits per heavy atom. The van der Waals surface area contributed by atoms with Crippen LogP contribution in [-0.4, -0.2) is 15.8 Å². The number of carbonyl (C=O) groups excluding carboxylic acids is 1. The van der Waals surface area contributed by atoms with Crippen LogP contribution in [0.25, 0.3) is 0 Å². The van der Waals surface area contributed by atoms with E-state index in [9.17, 15) is 14.9 Å². The summed E-state index contributed by atoms with van der Waals surface area (Å²) in [4.78, 5) is 25.7. The van der Waals surface area contributed by atoms with E-state index in [1.807, 2.05) is 6.07 Å². The van der Waals surface area contributed by atoms with Crippen LogP contribution < -0.4 is 11.5 Å². The van der Waals surface area contributed by atoms with E-state index in [-0.39, 0.29) is 28.8 Å². The van der Waals surface area contributed by atoms with Crippen molar-refractivity contribution < 1.29 is 9.72 Å². The molecule has 7 nitrogen and oxygen atoms in total. The van der Waals surface area contributed by atoms with Crippen LogP contribution in [0.3, 0.4) is 0 Å². The summed E-state index contributed by atoms with van der Waals surface area (Å²) in [6.07, 6.45) is 1.21. The lowest BCUT2D eigenvalue weighted by Gasteiger charge is -2.23. The van der Waals surface area contributed by atoms with E-state index in [0.29, 0.717) is 0 Å². The van der Waals surface area contributed by atoms with Gasteiger partial charge in [-0.3, -0.25) is 14.9 Å². The Bertz CT molecular complexity index is 649. The SMILES string of the molecule is Cl.NC(=O)[C@@](N)(Cc1ccccc1)c1ncc([N+](=O)[O-])s1. The number of hydrogen-bond acceptors (Lipinski definition) is 6. The molecule has 0 radical (unpaired) electrons. The lowest BCUT2D eigenvalue weighted by atomic mass is 9.92. The number of carbonyl (C=O) groups is 1. The number of hydrogen-bond donors (Lipinski definition) is 2. The Labute approximate surface area is 130 Å². The number of halogens is 1. The Morgan fingerprint density at radius 1 is 1.38 bits per heavy atom. The molecule has 0 aliphatic heterocycles. The Hall–Kier alpha value is -2.03. The Morgan fingerprint density at radius 2 is 2.00 bits per heavy atom. The molecule has 9 heteroatoms. The van der Waals surface area contributed by atoms with Crippen LogP contribution in [0.4, 0.5) is 5.00 Å². The van der Waals surface area contributed by atoms with Crippen molar-refractivity contribution in [1.82, 2.24) is 4.98 Å². The second-order valence-electron chi connectivity index (χ2n) is 4.26. The summed E-state index contributed by atoms with van der Waals surface area (Å²) in [5.74, 6) is -0.773. The molecule has 1 aromatic carbocycles. The number of benzene rings is 1. The molecular formula is C12H13ClN4O3S. The van der Waals surface area contributed by atoms with Crippen molar-refractivity contribution >= 4 is 34.7 Å². The molecule has 2 aromatic rings. The molecule has 1 atom stereocenters. The molecular weight excluding hydrogens is 316 g/mol. The minimum Gasteiger partial charge on any atom is -0.368 e. The van der Waals surface area contributed by atoms with Crippen LogP contribution in [0, 0.1) is 10.1 Å². The normalized spacial score (nSPS) is 13.0. The van der Waals surface area contributed by atoms with Gasteiger partial charge in [0, 0.05) is 6.42 Å². The summed E-state index contributed by atoms with van der Waals surface area (Å²) in [5, 5.41) is 10.7. The second-order valence-corrected chi connectivity index (χ2v) is 5.27. The van der Waals surface area contributed by atoms with Gasteiger partial charge in [-0.25, -0.2) is 4.98 Å². The van der Waals surface area contributed by atoms with Gasteiger partial charge in [0.25, 0.3) is 0 Å². The fourth-order valence-corrected chi connectivity index (χ4v) is 2.58. The molecule has 112 valence electrons. The fourth-order valence-electron chi connectivity index (χ4n) is 1.74. The van der Waals surface area contributed by atoms with Gasteiger partial charge in [-0.1, -0.05) is 30.3 Å². The highest BCUT2D eigenvalue weighted by Crippen LogP contribution is 2.30. The van der Waals surface area contributed by atoms with Gasteiger partial charge in [0.15, 0.2) is 5.54 Å². The maximum absolute atomic E-state index is 11.7. The number of nitrogens with zero attached hydrogens (tertiary/aromatic N) is 2. The number of nitro groups is 1. The highest BCUT2D eigenvalue weighted by molar-refractivity contribution is 7.15. The van der Waals surface area contributed by atoms with Crippen molar-refractivity contribution in [3.05, 3.63) is 57.2 Å². The predicted octanol–water partition coefficient (Wildman–Crippen LogP) is 1.36. The first-order chi connectivity index (χ1) is 9.43. The molecule has 21 heavy (non-hydrogen) atoms. The summed E-state index contributed by atoms with van der Waals surface area (Å²) in [7, 11) is 0. The number of thiazole rings is 1. The topological polar surface area (TPSA) is 125 Å². The molecule has 2 rings (SSSR count). The fraction of sp³-hybridized carbons (Fsp3) is 0.167. The van der Waals surface area contributed by atoms with E-state index >= 15 is 0 Å². The second kappa shape index (κ2) is 6.61. The highest BCUT2D eigenvalue weighted by atomic mass is 35.5. The summed E-state index contributed by atoms with van der Waals surface area (Å²) in [6.45, 7) is 0. The number of amides is 1. The van der Waals surface area contributed by atoms with Crippen molar-refractivity contribution in [2.45, 2.75) is 12.0 Å². The summed E-state index contributed by atoms with van der Waals surface area (Å²) < 4.78 is 0. The molecule has 0 spiro atoms. The third-order valence-electron chi connectivity index (χ3n) is 2.82. The number of aromatic nitrogens is 1. The first-order valence-electron chi connectivity index (χ1n) is 5.67. The van der Waals surface area contributed by atoms with Crippen LogP contribution in [0.2, 0.25) is 0 Å². The minimum atomic E-state index is -1.56. The minimum absolute atomic E-state index is 0. The maximum Gasteiger partial charge on any atom is 0.344 e. The number of primary amides is 1. The average molecular weight is 329 g/mol. The summed E-state index contributed by atoms with van der Waals surface area (Å²) in [5.41, 5.74) is 10.7. The van der Waals surface area contributed by atoms with Gasteiger partial charge >= 0.3 is 5.00 Å². The molecule has 0 fully saturated rings. The van der Waals surface area contributed by atoms with Crippen molar-refractivity contribution in [2.75, 3.05) is 0 Å². The van der Waals surface area contributed by atoms with Crippen molar-refractivity contribution in [2.24, 2.45) is 11.5 Å². The highest BCUT2D eigenvalue weighted by Gasteiger charge is 2.38. The molecule has 1 amide bonds. The van der Waals surface area contributed by atoms with E-state index in [1.54, 1.807) is 24.3 Å². The van der Waals surface area contributed by atoms with Crippen molar-refractivity contribution in [1.29, 1.82) is 0 Å². The summed E-state index contributed by atoms with van der Waals surface area (Å²) in [6, 6.07) is 9.04. The summed E-state index contributed by atoms with van der Waals surface area (Å²) >= 11 is 0.759. The molecule has 0 aliphatic carbocycles. The molecule has 0 bridgehead atoms. The third kappa shape index (κ3) is 3.54. The van der Waals surface area contributed by atoms with Gasteiger partial charge in [0.2, 0.25) is 5.91 Å². The van der Waals surface area contributed by atoms with Gasteiger partial charge in [0.1, 0.15) is 11.2 Å². The van der Waals surface area contributed by atoms with Crippen LogP contribution in [-0.2, 0) is 16.8 Å². The van der Waals surface area contributed by atoms with Crippen LogP contribution >= 0.6 is 23.7 Å². The molecule has 0 aliphatic rings. The van der Waals surface area contributed by atoms with Gasteiger partial charge in [-0.05, 0) is 16.9 Å². The molecule has 0 saturated carbocycles. The van der Waals surface area contributed by atoms with E-state index in [4.69, 9.17) is 11.5 Å². The average Bonchev–Trinajstić information content (AvgIpc) is 2.89. The van der Waals surface area contributed by atoms with E-state index < -0.39 is 16.4 Å². The maximum atomic E-state index is 11.7. The standard InChI is InChI=1S/C12H12N4O3S.ClH/c13-10(17)12(14,6-8-4-2-1-3-5-8)11-15-7-9(20-11)16(18)19;/h1-5,7H,6,14H2,(H2,13,17);1H/t12-;/m0./s1. The van der Waals surface area contributed by atoms with Crippen LogP contribution in [0.1, 0.15) is 10.6 Å². The van der Waals surface area contributed by atoms with E-state index in [0.717, 1.165) is 23.1 Å².